The number of methoxy groups -OCH3 is 1. The van der Waals surface area contributed by atoms with Gasteiger partial charge >= 0.3 is 0 Å². The van der Waals surface area contributed by atoms with Crippen LogP contribution in [-0.4, -0.2) is 29.9 Å². The number of imidazole rings is 1. The fourth-order valence-corrected chi connectivity index (χ4v) is 3.26. The van der Waals surface area contributed by atoms with E-state index in [1.165, 1.54) is 5.56 Å². The number of aromatic nitrogens is 2. The Morgan fingerprint density at radius 1 is 1.35 bits per heavy atom. The zero-order chi connectivity index (χ0) is 16.1. The van der Waals surface area contributed by atoms with E-state index >= 15 is 0 Å². The lowest BCUT2D eigenvalue weighted by Gasteiger charge is -2.31. The van der Waals surface area contributed by atoms with Gasteiger partial charge < -0.3 is 19.4 Å². The van der Waals surface area contributed by atoms with Crippen LogP contribution in [0, 0.1) is 5.92 Å². The van der Waals surface area contributed by atoms with E-state index in [-0.39, 0.29) is 6.04 Å². The maximum Gasteiger partial charge on any atom is 0.125 e. The van der Waals surface area contributed by atoms with Crippen molar-refractivity contribution in [2.45, 2.75) is 25.4 Å². The molecule has 1 aliphatic rings. The van der Waals surface area contributed by atoms with Crippen molar-refractivity contribution in [1.29, 1.82) is 0 Å². The lowest BCUT2D eigenvalue weighted by atomic mass is 9.91. The van der Waals surface area contributed by atoms with Crippen molar-refractivity contribution in [2.24, 2.45) is 13.0 Å². The molecule has 1 aromatic carbocycles. The molecule has 0 amide bonds. The van der Waals surface area contributed by atoms with Gasteiger partial charge in [-0.05, 0) is 24.8 Å². The van der Waals surface area contributed by atoms with Crippen molar-refractivity contribution >= 4 is 0 Å². The highest BCUT2D eigenvalue weighted by Gasteiger charge is 2.28. The van der Waals surface area contributed by atoms with Gasteiger partial charge in [-0.1, -0.05) is 18.2 Å². The fourth-order valence-electron chi connectivity index (χ4n) is 3.26. The van der Waals surface area contributed by atoms with Crippen molar-refractivity contribution in [3.8, 4) is 5.75 Å². The Balaban J connectivity index is 1.77. The van der Waals surface area contributed by atoms with E-state index in [9.17, 15) is 0 Å². The molecule has 1 N–H and O–H groups in total. The molecule has 0 spiro atoms. The maximum atomic E-state index is 5.52. The van der Waals surface area contributed by atoms with E-state index < -0.39 is 0 Å². The number of aryl methyl sites for hydroxylation is 1. The Morgan fingerprint density at radius 2 is 2.13 bits per heavy atom. The smallest absolute Gasteiger partial charge is 0.125 e. The normalized spacial score (nSPS) is 17.1. The van der Waals surface area contributed by atoms with Gasteiger partial charge in [-0.15, -0.1) is 0 Å². The van der Waals surface area contributed by atoms with Gasteiger partial charge in [-0.2, -0.15) is 0 Å². The minimum Gasteiger partial charge on any atom is -0.496 e. The molecule has 0 radical (unpaired) electrons. The summed E-state index contributed by atoms with van der Waals surface area (Å²) >= 11 is 0. The van der Waals surface area contributed by atoms with Crippen LogP contribution < -0.4 is 10.1 Å². The summed E-state index contributed by atoms with van der Waals surface area (Å²) in [5, 5.41) is 3.70. The molecule has 1 fully saturated rings. The summed E-state index contributed by atoms with van der Waals surface area (Å²) in [6.45, 7) is 2.43. The molecular weight excluding hydrogens is 290 g/mol. The lowest BCUT2D eigenvalue weighted by Crippen LogP contribution is -2.33. The Labute approximate surface area is 137 Å². The lowest BCUT2D eigenvalue weighted by molar-refractivity contribution is 0.0518. The van der Waals surface area contributed by atoms with E-state index in [1.54, 1.807) is 7.11 Å². The van der Waals surface area contributed by atoms with Gasteiger partial charge in [0.1, 0.15) is 11.6 Å². The predicted molar refractivity (Wildman–Crippen MR) is 89.3 cm³/mol. The summed E-state index contributed by atoms with van der Waals surface area (Å²) in [7, 11) is 3.77. The monoisotopic (exact) mass is 315 g/mol. The number of hydrogen-bond acceptors (Lipinski definition) is 4. The summed E-state index contributed by atoms with van der Waals surface area (Å²) < 4.78 is 13.1. The molecule has 1 saturated heterocycles. The van der Waals surface area contributed by atoms with Crippen LogP contribution >= 0.6 is 0 Å². The zero-order valence-corrected chi connectivity index (χ0v) is 13.9. The Kier molecular flexibility index (Phi) is 5.31. The van der Waals surface area contributed by atoms with Gasteiger partial charge in [0.15, 0.2) is 0 Å². The predicted octanol–water partition coefficient (Wildman–Crippen LogP) is 2.69. The van der Waals surface area contributed by atoms with Crippen molar-refractivity contribution in [3.63, 3.8) is 0 Å². The minimum absolute atomic E-state index is 0.226. The molecule has 0 aliphatic carbocycles. The van der Waals surface area contributed by atoms with Crippen LogP contribution in [-0.2, 0) is 18.3 Å². The number of hydrogen-bond donors (Lipinski definition) is 1. The molecule has 1 aliphatic heterocycles. The Hall–Kier alpha value is -1.85. The molecule has 23 heavy (non-hydrogen) atoms. The van der Waals surface area contributed by atoms with Crippen LogP contribution in [0.3, 0.4) is 0 Å². The minimum atomic E-state index is 0.226. The summed E-state index contributed by atoms with van der Waals surface area (Å²) in [5.74, 6) is 2.55. The number of benzene rings is 1. The molecule has 5 heteroatoms. The topological polar surface area (TPSA) is 48.3 Å². The first-order valence-corrected chi connectivity index (χ1v) is 8.20. The molecule has 124 valence electrons. The summed E-state index contributed by atoms with van der Waals surface area (Å²) in [6, 6.07) is 8.37. The number of ether oxygens (including phenoxy) is 2. The average molecular weight is 315 g/mol. The van der Waals surface area contributed by atoms with Crippen LogP contribution in [0.25, 0.3) is 0 Å². The van der Waals surface area contributed by atoms with Crippen molar-refractivity contribution < 1.29 is 9.47 Å². The summed E-state index contributed by atoms with van der Waals surface area (Å²) in [5.41, 5.74) is 1.17. The largest absolute Gasteiger partial charge is 0.496 e. The van der Waals surface area contributed by atoms with Crippen molar-refractivity contribution in [2.75, 3.05) is 20.3 Å². The van der Waals surface area contributed by atoms with Crippen LogP contribution in [0.1, 0.15) is 30.3 Å². The molecule has 1 aromatic heterocycles. The van der Waals surface area contributed by atoms with Gasteiger partial charge in [0, 0.05) is 44.8 Å². The first-order chi connectivity index (χ1) is 11.3. The van der Waals surface area contributed by atoms with E-state index in [1.807, 2.05) is 30.6 Å². The van der Waals surface area contributed by atoms with E-state index in [0.29, 0.717) is 5.92 Å². The number of para-hydroxylation sites is 1. The molecule has 0 unspecified atom stereocenters. The van der Waals surface area contributed by atoms with Gasteiger partial charge in [-0.3, -0.25) is 0 Å². The third-order valence-corrected chi connectivity index (χ3v) is 4.58. The number of rotatable bonds is 6. The quantitative estimate of drug-likeness (QED) is 0.890. The molecule has 3 rings (SSSR count). The molecule has 0 bridgehead atoms. The third kappa shape index (κ3) is 3.74. The van der Waals surface area contributed by atoms with Gasteiger partial charge in [0.25, 0.3) is 0 Å². The van der Waals surface area contributed by atoms with Crippen LogP contribution in [0.15, 0.2) is 36.7 Å². The van der Waals surface area contributed by atoms with Crippen LogP contribution in [0.5, 0.6) is 5.75 Å². The summed E-state index contributed by atoms with van der Waals surface area (Å²) in [6.07, 6.45) is 6.01. The highest BCUT2D eigenvalue weighted by molar-refractivity contribution is 5.33. The molecule has 0 saturated carbocycles. The van der Waals surface area contributed by atoms with Gasteiger partial charge in [-0.25, -0.2) is 4.98 Å². The average Bonchev–Trinajstić information content (AvgIpc) is 3.02. The Morgan fingerprint density at radius 3 is 2.83 bits per heavy atom. The van der Waals surface area contributed by atoms with Crippen LogP contribution in [0.2, 0.25) is 0 Å². The zero-order valence-electron chi connectivity index (χ0n) is 13.9. The fraction of sp³-hybridized carbons (Fsp3) is 0.500. The van der Waals surface area contributed by atoms with Crippen molar-refractivity contribution in [1.82, 2.24) is 14.9 Å². The Bertz CT molecular complexity index is 620. The van der Waals surface area contributed by atoms with E-state index in [2.05, 4.69) is 28.0 Å². The molecular formula is C18H25N3O2. The van der Waals surface area contributed by atoms with Gasteiger partial charge in [0.05, 0.1) is 13.2 Å². The summed E-state index contributed by atoms with van der Waals surface area (Å²) in [4.78, 5) is 4.57. The second-order valence-corrected chi connectivity index (χ2v) is 6.02. The molecule has 2 aromatic rings. The highest BCUT2D eigenvalue weighted by Crippen LogP contribution is 2.30. The SMILES string of the molecule is COc1ccccc1CN[C@@H](c1nccn1C)C1CCOCC1. The van der Waals surface area contributed by atoms with E-state index in [4.69, 9.17) is 9.47 Å². The van der Waals surface area contributed by atoms with E-state index in [0.717, 1.165) is 44.2 Å². The first kappa shape index (κ1) is 16.0. The molecule has 1 atom stereocenters. The second-order valence-electron chi connectivity index (χ2n) is 6.02. The maximum absolute atomic E-state index is 5.52. The number of nitrogens with one attached hydrogen (secondary N) is 1. The van der Waals surface area contributed by atoms with Crippen LogP contribution in [0.4, 0.5) is 0 Å². The van der Waals surface area contributed by atoms with Gasteiger partial charge in [0.2, 0.25) is 0 Å². The third-order valence-electron chi connectivity index (χ3n) is 4.58. The number of nitrogens with zero attached hydrogens (tertiary/aromatic N) is 2. The standard InChI is InChI=1S/C18H25N3O2/c1-21-10-9-19-18(21)17(14-7-11-23-12-8-14)20-13-15-5-3-4-6-16(15)22-2/h3-6,9-10,14,17,20H,7-8,11-13H2,1-2H3/t17-/m1/s1. The second kappa shape index (κ2) is 7.62. The molecule has 2 heterocycles. The highest BCUT2D eigenvalue weighted by atomic mass is 16.5. The first-order valence-electron chi connectivity index (χ1n) is 8.20. The molecule has 5 nitrogen and oxygen atoms in total. The van der Waals surface area contributed by atoms with Crippen molar-refractivity contribution in [3.05, 3.63) is 48.0 Å².